The molecule has 3 nitrogen and oxygen atoms in total. The number of aromatic nitrogens is 1. The summed E-state index contributed by atoms with van der Waals surface area (Å²) in [6.07, 6.45) is -4.50. The van der Waals surface area contributed by atoms with Crippen LogP contribution < -0.4 is 10.5 Å². The first-order valence-corrected chi connectivity index (χ1v) is 7.84. The van der Waals surface area contributed by atoms with Crippen LogP contribution in [0.3, 0.4) is 0 Å². The quantitative estimate of drug-likeness (QED) is 0.842. The average molecular weight is 354 g/mol. The molecule has 0 unspecified atom stereocenters. The first-order chi connectivity index (χ1) is 11.6. The minimum atomic E-state index is -4.50. The van der Waals surface area contributed by atoms with Gasteiger partial charge in [0.1, 0.15) is 23.2 Å². The molecule has 0 saturated carbocycles. The van der Waals surface area contributed by atoms with Crippen molar-refractivity contribution in [3.05, 3.63) is 47.4 Å². The summed E-state index contributed by atoms with van der Waals surface area (Å²) in [6, 6.07) is 6.85. The molecule has 2 heterocycles. The van der Waals surface area contributed by atoms with Crippen molar-refractivity contribution in [2.45, 2.75) is 31.4 Å². The van der Waals surface area contributed by atoms with Crippen molar-refractivity contribution in [1.82, 2.24) is 4.98 Å². The van der Waals surface area contributed by atoms with E-state index in [-0.39, 0.29) is 11.4 Å². The fourth-order valence-electron chi connectivity index (χ4n) is 2.94. The number of fused-ring (bicyclic) bond motifs is 1. The van der Waals surface area contributed by atoms with Gasteiger partial charge in [0.2, 0.25) is 0 Å². The Bertz CT molecular complexity index is 785. The third-order valence-corrected chi connectivity index (χ3v) is 4.40. The van der Waals surface area contributed by atoms with Gasteiger partial charge in [-0.2, -0.15) is 13.2 Å². The van der Waals surface area contributed by atoms with Gasteiger partial charge in [-0.25, -0.2) is 9.37 Å². The minimum Gasteiger partial charge on any atom is -0.490 e. The lowest BCUT2D eigenvalue weighted by atomic mass is 9.85. The highest BCUT2D eigenvalue weighted by molar-refractivity contribution is 5.70. The van der Waals surface area contributed by atoms with E-state index in [1.165, 1.54) is 30.3 Å². The molecule has 1 aromatic carbocycles. The molecule has 0 bridgehead atoms. The molecule has 1 atom stereocenters. The van der Waals surface area contributed by atoms with Gasteiger partial charge in [-0.05, 0) is 30.3 Å². The number of hydrogen-bond donors (Lipinski definition) is 1. The van der Waals surface area contributed by atoms with Gasteiger partial charge in [0.25, 0.3) is 0 Å². The van der Waals surface area contributed by atoms with Gasteiger partial charge in [-0.15, -0.1) is 0 Å². The van der Waals surface area contributed by atoms with Crippen LogP contribution in [0.5, 0.6) is 5.75 Å². The summed E-state index contributed by atoms with van der Waals surface area (Å²) in [5, 5.41) is 0. The topological polar surface area (TPSA) is 48.1 Å². The first-order valence-electron chi connectivity index (χ1n) is 7.84. The Kier molecular flexibility index (Phi) is 4.23. The third kappa shape index (κ3) is 3.20. The standard InChI is InChI=1S/C18H18F4N2O/c1-17(2)9-25-16-12(17)7-14(13(8-23)18(20,21)22)24-15(16)10-3-5-11(19)6-4-10/h3-7,13H,8-9,23H2,1-2H3/t13-/m1/s1. The Hall–Kier alpha value is -2.15. The molecule has 1 aliphatic rings. The Morgan fingerprint density at radius 1 is 1.24 bits per heavy atom. The third-order valence-electron chi connectivity index (χ3n) is 4.40. The van der Waals surface area contributed by atoms with Crippen LogP contribution in [-0.4, -0.2) is 24.3 Å². The molecule has 0 amide bonds. The van der Waals surface area contributed by atoms with Crippen molar-refractivity contribution in [2.24, 2.45) is 5.73 Å². The van der Waals surface area contributed by atoms with E-state index < -0.39 is 29.9 Å². The number of nitrogens with zero attached hydrogens (tertiary/aromatic N) is 1. The van der Waals surface area contributed by atoms with Gasteiger partial charge in [-0.1, -0.05) is 13.8 Å². The van der Waals surface area contributed by atoms with Crippen molar-refractivity contribution in [1.29, 1.82) is 0 Å². The summed E-state index contributed by atoms with van der Waals surface area (Å²) >= 11 is 0. The van der Waals surface area contributed by atoms with Crippen LogP contribution in [0, 0.1) is 5.82 Å². The monoisotopic (exact) mass is 354 g/mol. The summed E-state index contributed by atoms with van der Waals surface area (Å²) in [4.78, 5) is 4.20. The molecule has 0 saturated heterocycles. The van der Waals surface area contributed by atoms with Crippen LogP contribution in [0.4, 0.5) is 17.6 Å². The SMILES string of the molecule is CC1(C)COc2c1cc([C@@H](CN)C(F)(F)F)nc2-c1ccc(F)cc1. The molecular formula is C18H18F4N2O. The summed E-state index contributed by atoms with van der Waals surface area (Å²) in [5.41, 5.74) is 6.20. The maximum absolute atomic E-state index is 13.3. The van der Waals surface area contributed by atoms with Gasteiger partial charge >= 0.3 is 6.18 Å². The number of rotatable bonds is 3. The van der Waals surface area contributed by atoms with Crippen LogP contribution >= 0.6 is 0 Å². The number of pyridine rings is 1. The van der Waals surface area contributed by atoms with Crippen LogP contribution in [0.1, 0.15) is 31.0 Å². The predicted octanol–water partition coefficient (Wildman–Crippen LogP) is 4.16. The van der Waals surface area contributed by atoms with Crippen LogP contribution in [0.15, 0.2) is 30.3 Å². The smallest absolute Gasteiger partial charge is 0.398 e. The van der Waals surface area contributed by atoms with Gasteiger partial charge in [0, 0.05) is 23.1 Å². The van der Waals surface area contributed by atoms with Crippen LogP contribution in [0.25, 0.3) is 11.3 Å². The molecule has 2 N–H and O–H groups in total. The molecule has 2 aromatic rings. The van der Waals surface area contributed by atoms with Crippen molar-refractivity contribution >= 4 is 0 Å². The molecule has 25 heavy (non-hydrogen) atoms. The molecule has 0 aliphatic carbocycles. The van der Waals surface area contributed by atoms with Crippen molar-refractivity contribution < 1.29 is 22.3 Å². The molecule has 0 radical (unpaired) electrons. The fourth-order valence-corrected chi connectivity index (χ4v) is 2.94. The second-order valence-electron chi connectivity index (χ2n) is 6.78. The van der Waals surface area contributed by atoms with E-state index in [9.17, 15) is 17.6 Å². The molecular weight excluding hydrogens is 336 g/mol. The average Bonchev–Trinajstić information content (AvgIpc) is 2.82. The van der Waals surface area contributed by atoms with Crippen molar-refractivity contribution in [3.63, 3.8) is 0 Å². The zero-order chi connectivity index (χ0) is 18.4. The normalized spacial score (nSPS) is 17.1. The molecule has 7 heteroatoms. The zero-order valence-electron chi connectivity index (χ0n) is 13.8. The number of ether oxygens (including phenoxy) is 1. The fraction of sp³-hybridized carbons (Fsp3) is 0.389. The van der Waals surface area contributed by atoms with E-state index in [0.29, 0.717) is 23.5 Å². The minimum absolute atomic E-state index is 0.147. The maximum atomic E-state index is 13.3. The molecule has 134 valence electrons. The second kappa shape index (κ2) is 5.98. The molecule has 3 rings (SSSR count). The van der Waals surface area contributed by atoms with Gasteiger partial charge in [-0.3, -0.25) is 0 Å². The van der Waals surface area contributed by atoms with E-state index in [1.54, 1.807) is 0 Å². The lowest BCUT2D eigenvalue weighted by molar-refractivity contribution is -0.148. The molecule has 0 fully saturated rings. The number of benzene rings is 1. The van der Waals surface area contributed by atoms with Gasteiger partial charge < -0.3 is 10.5 Å². The van der Waals surface area contributed by atoms with E-state index in [4.69, 9.17) is 10.5 Å². The van der Waals surface area contributed by atoms with Gasteiger partial charge in [0.05, 0.1) is 12.3 Å². The van der Waals surface area contributed by atoms with E-state index in [1.807, 2.05) is 13.8 Å². The van der Waals surface area contributed by atoms with Gasteiger partial charge in [0.15, 0.2) is 0 Å². The van der Waals surface area contributed by atoms with Crippen molar-refractivity contribution in [2.75, 3.05) is 13.2 Å². The summed E-state index contributed by atoms with van der Waals surface area (Å²) in [7, 11) is 0. The van der Waals surface area contributed by atoms with Crippen LogP contribution in [0.2, 0.25) is 0 Å². The summed E-state index contributed by atoms with van der Waals surface area (Å²) in [5.74, 6) is -1.86. The van der Waals surface area contributed by atoms with Crippen molar-refractivity contribution in [3.8, 4) is 17.0 Å². The summed E-state index contributed by atoms with van der Waals surface area (Å²) in [6.45, 7) is 3.52. The summed E-state index contributed by atoms with van der Waals surface area (Å²) < 4.78 is 58.9. The Morgan fingerprint density at radius 2 is 1.88 bits per heavy atom. The largest absolute Gasteiger partial charge is 0.490 e. The Morgan fingerprint density at radius 3 is 2.44 bits per heavy atom. The number of hydrogen-bond acceptors (Lipinski definition) is 3. The lowest BCUT2D eigenvalue weighted by Crippen LogP contribution is -2.29. The zero-order valence-corrected chi connectivity index (χ0v) is 13.8. The molecule has 1 aliphatic heterocycles. The number of alkyl halides is 3. The van der Waals surface area contributed by atoms with E-state index in [2.05, 4.69) is 4.98 Å². The Balaban J connectivity index is 2.23. The highest BCUT2D eigenvalue weighted by Crippen LogP contribution is 2.46. The predicted molar refractivity (Wildman–Crippen MR) is 86.0 cm³/mol. The first kappa shape index (κ1) is 17.7. The lowest BCUT2D eigenvalue weighted by Gasteiger charge is -2.22. The maximum Gasteiger partial charge on any atom is 0.398 e. The molecule has 0 spiro atoms. The number of halogens is 4. The second-order valence-corrected chi connectivity index (χ2v) is 6.78. The van der Waals surface area contributed by atoms with E-state index in [0.717, 1.165) is 0 Å². The van der Waals surface area contributed by atoms with Crippen LogP contribution in [-0.2, 0) is 5.41 Å². The Labute approximate surface area is 142 Å². The van der Waals surface area contributed by atoms with E-state index >= 15 is 0 Å². The highest BCUT2D eigenvalue weighted by Gasteiger charge is 2.43. The molecule has 1 aromatic heterocycles. The highest BCUT2D eigenvalue weighted by atomic mass is 19.4. The number of nitrogens with two attached hydrogens (primary N) is 1.